The number of carbonyl (C=O) groups excluding carboxylic acids is 2. The van der Waals surface area contributed by atoms with Crippen molar-refractivity contribution in [2.24, 2.45) is 5.10 Å². The number of hydrogen-bond donors (Lipinski definition) is 2. The van der Waals surface area contributed by atoms with E-state index >= 15 is 0 Å². The third-order valence-corrected chi connectivity index (χ3v) is 5.50. The molecule has 31 heavy (non-hydrogen) atoms. The van der Waals surface area contributed by atoms with Gasteiger partial charge in [0.05, 0.1) is 21.9 Å². The van der Waals surface area contributed by atoms with Crippen LogP contribution in [0.2, 0.25) is 10.0 Å². The van der Waals surface area contributed by atoms with Crippen molar-refractivity contribution in [1.29, 1.82) is 0 Å². The number of nitrogens with one attached hydrogen (secondary N) is 2. The van der Waals surface area contributed by atoms with Crippen LogP contribution in [-0.4, -0.2) is 22.6 Å². The monoisotopic (exact) mass is 456 g/mol. The molecule has 0 atom stereocenters. The SMILES string of the molecule is Cc1cc(/C=N/NC(=O)CC(=O)NCc2ccccc2)c(C)n1-c1cccc(Cl)c1Cl. The zero-order valence-corrected chi connectivity index (χ0v) is 18.7. The van der Waals surface area contributed by atoms with Crippen LogP contribution in [0, 0.1) is 13.8 Å². The Kier molecular flexibility index (Phi) is 7.50. The summed E-state index contributed by atoms with van der Waals surface area (Å²) in [7, 11) is 0. The molecule has 0 fully saturated rings. The minimum absolute atomic E-state index is 0.304. The average Bonchev–Trinajstić information content (AvgIpc) is 3.02. The van der Waals surface area contributed by atoms with Crippen LogP contribution < -0.4 is 10.7 Å². The summed E-state index contributed by atoms with van der Waals surface area (Å²) in [6, 6.07) is 16.8. The molecule has 0 aliphatic carbocycles. The Hall–Kier alpha value is -3.09. The molecule has 0 saturated heterocycles. The minimum atomic E-state index is -0.492. The van der Waals surface area contributed by atoms with E-state index in [9.17, 15) is 9.59 Å². The van der Waals surface area contributed by atoms with E-state index in [0.717, 1.165) is 28.2 Å². The fourth-order valence-electron chi connectivity index (χ4n) is 3.17. The molecule has 1 heterocycles. The maximum Gasteiger partial charge on any atom is 0.249 e. The van der Waals surface area contributed by atoms with Gasteiger partial charge in [0.2, 0.25) is 11.8 Å². The second-order valence-corrected chi connectivity index (χ2v) is 7.75. The van der Waals surface area contributed by atoms with Crippen LogP contribution in [0.4, 0.5) is 0 Å². The van der Waals surface area contributed by atoms with Gasteiger partial charge in [-0.25, -0.2) is 5.43 Å². The van der Waals surface area contributed by atoms with Crippen molar-refractivity contribution in [3.05, 3.63) is 87.2 Å². The van der Waals surface area contributed by atoms with Gasteiger partial charge >= 0.3 is 0 Å². The molecule has 1 aromatic heterocycles. The molecular formula is C23H22Cl2N4O2. The predicted molar refractivity (Wildman–Crippen MR) is 124 cm³/mol. The number of nitrogens with zero attached hydrogens (tertiary/aromatic N) is 2. The fraction of sp³-hybridized carbons (Fsp3) is 0.174. The maximum atomic E-state index is 12.0. The lowest BCUT2D eigenvalue weighted by Gasteiger charge is -2.12. The van der Waals surface area contributed by atoms with Crippen LogP contribution in [0.25, 0.3) is 5.69 Å². The Balaban J connectivity index is 1.59. The number of hydrogen-bond acceptors (Lipinski definition) is 3. The molecule has 0 aliphatic heterocycles. The number of benzene rings is 2. The van der Waals surface area contributed by atoms with E-state index in [2.05, 4.69) is 15.8 Å². The van der Waals surface area contributed by atoms with Gasteiger partial charge in [0.1, 0.15) is 6.42 Å². The Morgan fingerprint density at radius 3 is 2.52 bits per heavy atom. The highest BCUT2D eigenvalue weighted by molar-refractivity contribution is 6.43. The molecule has 3 aromatic rings. The molecule has 8 heteroatoms. The average molecular weight is 457 g/mol. The first kappa shape index (κ1) is 22.6. The van der Waals surface area contributed by atoms with Gasteiger partial charge in [-0.3, -0.25) is 9.59 Å². The topological polar surface area (TPSA) is 75.5 Å². The summed E-state index contributed by atoms with van der Waals surface area (Å²) in [4.78, 5) is 23.9. The molecule has 0 saturated carbocycles. The highest BCUT2D eigenvalue weighted by Gasteiger charge is 2.14. The Morgan fingerprint density at radius 2 is 1.77 bits per heavy atom. The molecule has 3 rings (SSSR count). The first-order chi connectivity index (χ1) is 14.9. The minimum Gasteiger partial charge on any atom is -0.352 e. The van der Waals surface area contributed by atoms with Crippen molar-refractivity contribution in [2.75, 3.05) is 0 Å². The molecule has 0 aliphatic rings. The van der Waals surface area contributed by atoms with Crippen LogP contribution in [0.15, 0.2) is 59.7 Å². The standard InChI is InChI=1S/C23H22Cl2N4O2/c1-15-11-18(16(2)29(15)20-10-6-9-19(24)23(20)25)14-27-28-22(31)12-21(30)26-13-17-7-4-3-5-8-17/h3-11,14H,12-13H2,1-2H3,(H,26,30)(H,28,31)/b27-14+. The molecule has 0 radical (unpaired) electrons. The van der Waals surface area contributed by atoms with E-state index in [1.165, 1.54) is 6.21 Å². The van der Waals surface area contributed by atoms with Crippen LogP contribution in [0.1, 0.15) is 28.9 Å². The summed E-state index contributed by atoms with van der Waals surface area (Å²) in [6.45, 7) is 4.23. The number of aryl methyl sites for hydroxylation is 1. The number of amides is 2. The third-order valence-electron chi connectivity index (χ3n) is 4.69. The van der Waals surface area contributed by atoms with Gasteiger partial charge in [-0.15, -0.1) is 0 Å². The van der Waals surface area contributed by atoms with E-state index in [1.54, 1.807) is 6.07 Å². The number of carbonyl (C=O) groups is 2. The van der Waals surface area contributed by atoms with E-state index in [0.29, 0.717) is 16.6 Å². The van der Waals surface area contributed by atoms with E-state index < -0.39 is 5.91 Å². The van der Waals surface area contributed by atoms with Gasteiger partial charge in [-0.1, -0.05) is 59.6 Å². The number of halogens is 2. The zero-order chi connectivity index (χ0) is 22.4. The number of hydrazone groups is 1. The van der Waals surface area contributed by atoms with Gasteiger partial charge in [0.25, 0.3) is 0 Å². The predicted octanol–water partition coefficient (Wildman–Crippen LogP) is 4.56. The van der Waals surface area contributed by atoms with Crippen molar-refractivity contribution in [3.63, 3.8) is 0 Å². The molecule has 6 nitrogen and oxygen atoms in total. The normalized spacial score (nSPS) is 11.0. The number of aromatic nitrogens is 1. The largest absolute Gasteiger partial charge is 0.352 e. The van der Waals surface area contributed by atoms with Crippen LogP contribution in [0.3, 0.4) is 0 Å². The quantitative estimate of drug-likeness (QED) is 0.310. The summed E-state index contributed by atoms with van der Waals surface area (Å²) in [5.41, 5.74) is 6.76. The molecule has 160 valence electrons. The third kappa shape index (κ3) is 5.75. The molecule has 2 aromatic carbocycles. The number of rotatable bonds is 7. The lowest BCUT2D eigenvalue weighted by molar-refractivity contribution is -0.129. The van der Waals surface area contributed by atoms with Crippen molar-refractivity contribution in [1.82, 2.24) is 15.3 Å². The summed E-state index contributed by atoms with van der Waals surface area (Å²) < 4.78 is 1.97. The first-order valence-corrected chi connectivity index (χ1v) is 10.4. The molecule has 2 N–H and O–H groups in total. The Bertz CT molecular complexity index is 1120. The lowest BCUT2D eigenvalue weighted by Crippen LogP contribution is -2.29. The maximum absolute atomic E-state index is 12.0. The smallest absolute Gasteiger partial charge is 0.249 e. The Morgan fingerprint density at radius 1 is 1.03 bits per heavy atom. The molecule has 0 spiro atoms. The second kappa shape index (κ2) is 10.3. The summed E-state index contributed by atoms with van der Waals surface area (Å²) in [6.07, 6.45) is 1.23. The summed E-state index contributed by atoms with van der Waals surface area (Å²) >= 11 is 12.5. The molecule has 0 unspecified atom stereocenters. The van der Waals surface area contributed by atoms with Crippen molar-refractivity contribution < 1.29 is 9.59 Å². The van der Waals surface area contributed by atoms with Crippen LogP contribution >= 0.6 is 23.2 Å². The van der Waals surface area contributed by atoms with E-state index in [-0.39, 0.29) is 12.3 Å². The van der Waals surface area contributed by atoms with E-state index in [4.69, 9.17) is 23.2 Å². The fourth-order valence-corrected chi connectivity index (χ4v) is 3.55. The van der Waals surface area contributed by atoms with Gasteiger partial charge < -0.3 is 9.88 Å². The molecule has 0 bridgehead atoms. The zero-order valence-electron chi connectivity index (χ0n) is 17.2. The lowest BCUT2D eigenvalue weighted by atomic mass is 10.2. The van der Waals surface area contributed by atoms with E-state index in [1.807, 2.05) is 66.9 Å². The van der Waals surface area contributed by atoms with Crippen LogP contribution in [0.5, 0.6) is 0 Å². The first-order valence-electron chi connectivity index (χ1n) is 9.62. The highest BCUT2D eigenvalue weighted by Crippen LogP contribution is 2.31. The summed E-state index contributed by atoms with van der Waals surface area (Å²) in [5, 5.41) is 7.63. The van der Waals surface area contributed by atoms with Crippen molar-refractivity contribution >= 4 is 41.2 Å². The van der Waals surface area contributed by atoms with Gasteiger partial charge in [0.15, 0.2) is 0 Å². The Labute approximate surface area is 190 Å². The second-order valence-electron chi connectivity index (χ2n) is 6.97. The van der Waals surface area contributed by atoms with Gasteiger partial charge in [-0.2, -0.15) is 5.10 Å². The van der Waals surface area contributed by atoms with Crippen LogP contribution in [-0.2, 0) is 16.1 Å². The van der Waals surface area contributed by atoms with Crippen molar-refractivity contribution in [3.8, 4) is 5.69 Å². The highest BCUT2D eigenvalue weighted by atomic mass is 35.5. The van der Waals surface area contributed by atoms with Gasteiger partial charge in [0, 0.05) is 23.5 Å². The van der Waals surface area contributed by atoms with Gasteiger partial charge in [-0.05, 0) is 37.6 Å². The molecular weight excluding hydrogens is 435 g/mol. The molecule has 2 amide bonds. The van der Waals surface area contributed by atoms with Crippen molar-refractivity contribution in [2.45, 2.75) is 26.8 Å². The summed E-state index contributed by atoms with van der Waals surface area (Å²) in [5.74, 6) is -0.862.